The molecule has 1 aliphatic rings. The monoisotopic (exact) mass is 214 g/mol. The summed E-state index contributed by atoms with van der Waals surface area (Å²) >= 11 is 0. The molecule has 1 heterocycles. The molecule has 0 saturated heterocycles. The van der Waals surface area contributed by atoms with Crippen LogP contribution in [-0.2, 0) is 6.42 Å². The van der Waals surface area contributed by atoms with Gasteiger partial charge >= 0.3 is 0 Å². The second-order valence-electron chi connectivity index (χ2n) is 3.85. The maximum absolute atomic E-state index is 13.6. The van der Waals surface area contributed by atoms with Crippen LogP contribution in [0.1, 0.15) is 17.7 Å². The number of halogens is 1. The quantitative estimate of drug-likeness (QED) is 0.713. The largest absolute Gasteiger partial charge is 0.234 e. The molecule has 0 N–H and O–H groups in total. The first-order valence-corrected chi connectivity index (χ1v) is 5.34. The van der Waals surface area contributed by atoms with E-state index in [4.69, 9.17) is 0 Å². The molecular formula is C13H11FN2. The Morgan fingerprint density at radius 2 is 2.12 bits per heavy atom. The van der Waals surface area contributed by atoms with E-state index in [1.54, 1.807) is 23.0 Å². The van der Waals surface area contributed by atoms with E-state index in [1.807, 2.05) is 12.1 Å². The van der Waals surface area contributed by atoms with Gasteiger partial charge in [-0.3, -0.25) is 0 Å². The number of nitrogens with zero attached hydrogens (tertiary/aromatic N) is 2. The second-order valence-corrected chi connectivity index (χ2v) is 3.85. The molecule has 0 spiro atoms. The normalized spacial score (nSPS) is 13.8. The molecule has 0 fully saturated rings. The maximum Gasteiger partial charge on any atom is 0.148 e. The number of rotatable bonds is 1. The van der Waals surface area contributed by atoms with Gasteiger partial charge in [-0.05, 0) is 25.0 Å². The van der Waals surface area contributed by atoms with E-state index in [0.717, 1.165) is 24.1 Å². The predicted molar refractivity (Wildman–Crippen MR) is 60.9 cm³/mol. The summed E-state index contributed by atoms with van der Waals surface area (Å²) in [7, 11) is 0. The van der Waals surface area contributed by atoms with Crippen LogP contribution in [0.25, 0.3) is 11.8 Å². The van der Waals surface area contributed by atoms with Crippen molar-refractivity contribution in [1.29, 1.82) is 0 Å². The molecule has 0 unspecified atom stereocenters. The third-order valence-corrected chi connectivity index (χ3v) is 2.83. The Bertz CT molecular complexity index is 555. The third-order valence-electron chi connectivity index (χ3n) is 2.83. The SMILES string of the molecule is Fc1ccccc1-n1ncc2c1CCC=C2. The zero-order valence-corrected chi connectivity index (χ0v) is 8.73. The minimum atomic E-state index is -0.233. The fourth-order valence-electron chi connectivity index (χ4n) is 2.04. The molecule has 3 heteroatoms. The molecule has 1 aromatic heterocycles. The van der Waals surface area contributed by atoms with Crippen LogP contribution >= 0.6 is 0 Å². The molecule has 3 rings (SSSR count). The molecule has 0 bridgehead atoms. The van der Waals surface area contributed by atoms with Crippen LogP contribution in [-0.4, -0.2) is 9.78 Å². The number of aromatic nitrogens is 2. The average molecular weight is 214 g/mol. The average Bonchev–Trinajstić information content (AvgIpc) is 2.74. The number of hydrogen-bond donors (Lipinski definition) is 0. The Morgan fingerprint density at radius 3 is 3.00 bits per heavy atom. The summed E-state index contributed by atoms with van der Waals surface area (Å²) in [6, 6.07) is 6.73. The fraction of sp³-hybridized carbons (Fsp3) is 0.154. The predicted octanol–water partition coefficient (Wildman–Crippen LogP) is 2.97. The highest BCUT2D eigenvalue weighted by molar-refractivity contribution is 5.55. The van der Waals surface area contributed by atoms with Gasteiger partial charge in [0.05, 0.1) is 11.9 Å². The first-order chi connectivity index (χ1) is 7.86. The van der Waals surface area contributed by atoms with Gasteiger partial charge in [-0.2, -0.15) is 5.10 Å². The molecule has 80 valence electrons. The van der Waals surface area contributed by atoms with Gasteiger partial charge in [0.2, 0.25) is 0 Å². The van der Waals surface area contributed by atoms with Gasteiger partial charge in [-0.15, -0.1) is 0 Å². The molecule has 2 nitrogen and oxygen atoms in total. The van der Waals surface area contributed by atoms with Crippen LogP contribution in [0.3, 0.4) is 0 Å². The molecule has 0 radical (unpaired) electrons. The lowest BCUT2D eigenvalue weighted by atomic mass is 10.1. The molecule has 2 aromatic rings. The number of fused-ring (bicyclic) bond motifs is 1. The first-order valence-electron chi connectivity index (χ1n) is 5.34. The van der Waals surface area contributed by atoms with Crippen molar-refractivity contribution in [2.75, 3.05) is 0 Å². The number of allylic oxidation sites excluding steroid dienone is 1. The minimum Gasteiger partial charge on any atom is -0.234 e. The molecule has 0 amide bonds. The summed E-state index contributed by atoms with van der Waals surface area (Å²) in [5.74, 6) is -0.233. The number of benzene rings is 1. The topological polar surface area (TPSA) is 17.8 Å². The Balaban J connectivity index is 2.18. The Kier molecular flexibility index (Phi) is 2.10. The molecule has 0 saturated carbocycles. The summed E-state index contributed by atoms with van der Waals surface area (Å²) in [5.41, 5.74) is 2.71. The standard InChI is InChI=1S/C13H11FN2/c14-11-6-2-4-8-13(11)16-12-7-3-1-5-10(12)9-15-16/h1-2,4-6,8-9H,3,7H2. The van der Waals surface area contributed by atoms with Crippen molar-refractivity contribution in [2.24, 2.45) is 0 Å². The van der Waals surface area contributed by atoms with Gasteiger partial charge in [-0.1, -0.05) is 24.3 Å². The smallest absolute Gasteiger partial charge is 0.148 e. The highest BCUT2D eigenvalue weighted by Gasteiger charge is 2.14. The molecule has 0 atom stereocenters. The van der Waals surface area contributed by atoms with Crippen molar-refractivity contribution in [2.45, 2.75) is 12.8 Å². The van der Waals surface area contributed by atoms with Crippen LogP contribution in [0, 0.1) is 5.82 Å². The third kappa shape index (κ3) is 1.36. The number of para-hydroxylation sites is 1. The maximum atomic E-state index is 13.6. The Morgan fingerprint density at radius 1 is 1.25 bits per heavy atom. The summed E-state index contributed by atoms with van der Waals surface area (Å²) in [5, 5.41) is 4.25. The summed E-state index contributed by atoms with van der Waals surface area (Å²) in [6.07, 6.45) is 7.86. The highest BCUT2D eigenvalue weighted by Crippen LogP contribution is 2.22. The van der Waals surface area contributed by atoms with E-state index < -0.39 is 0 Å². The van der Waals surface area contributed by atoms with Crippen molar-refractivity contribution in [1.82, 2.24) is 9.78 Å². The fourth-order valence-corrected chi connectivity index (χ4v) is 2.04. The lowest BCUT2D eigenvalue weighted by Crippen LogP contribution is -2.06. The van der Waals surface area contributed by atoms with E-state index in [-0.39, 0.29) is 5.82 Å². The van der Waals surface area contributed by atoms with Gasteiger partial charge in [0, 0.05) is 5.56 Å². The molecule has 0 aliphatic heterocycles. The van der Waals surface area contributed by atoms with Crippen LogP contribution in [0.4, 0.5) is 4.39 Å². The molecular weight excluding hydrogens is 203 g/mol. The summed E-state index contributed by atoms with van der Waals surface area (Å²) in [6.45, 7) is 0. The van der Waals surface area contributed by atoms with Crippen LogP contribution < -0.4 is 0 Å². The van der Waals surface area contributed by atoms with Gasteiger partial charge in [-0.25, -0.2) is 9.07 Å². The van der Waals surface area contributed by atoms with E-state index in [2.05, 4.69) is 11.2 Å². The van der Waals surface area contributed by atoms with E-state index in [9.17, 15) is 4.39 Å². The molecule has 16 heavy (non-hydrogen) atoms. The Hall–Kier alpha value is -1.90. The van der Waals surface area contributed by atoms with Crippen molar-refractivity contribution in [3.8, 4) is 5.69 Å². The van der Waals surface area contributed by atoms with Crippen molar-refractivity contribution in [3.05, 3.63) is 53.6 Å². The van der Waals surface area contributed by atoms with Gasteiger partial charge in [0.15, 0.2) is 0 Å². The zero-order chi connectivity index (χ0) is 11.0. The van der Waals surface area contributed by atoms with Crippen molar-refractivity contribution < 1.29 is 4.39 Å². The van der Waals surface area contributed by atoms with Gasteiger partial charge in [0.25, 0.3) is 0 Å². The summed E-state index contributed by atoms with van der Waals surface area (Å²) in [4.78, 5) is 0. The number of hydrogen-bond acceptors (Lipinski definition) is 1. The molecule has 1 aliphatic carbocycles. The summed E-state index contributed by atoms with van der Waals surface area (Å²) < 4.78 is 15.3. The zero-order valence-electron chi connectivity index (χ0n) is 8.73. The van der Waals surface area contributed by atoms with E-state index in [1.165, 1.54) is 6.07 Å². The lowest BCUT2D eigenvalue weighted by molar-refractivity contribution is 0.606. The van der Waals surface area contributed by atoms with Gasteiger partial charge in [0.1, 0.15) is 11.5 Å². The first kappa shape index (κ1) is 9.33. The van der Waals surface area contributed by atoms with Gasteiger partial charge < -0.3 is 0 Å². The van der Waals surface area contributed by atoms with Crippen LogP contribution in [0.5, 0.6) is 0 Å². The van der Waals surface area contributed by atoms with Crippen LogP contribution in [0.15, 0.2) is 36.5 Å². The minimum absolute atomic E-state index is 0.233. The Labute approximate surface area is 93.0 Å². The lowest BCUT2D eigenvalue weighted by Gasteiger charge is -2.10. The van der Waals surface area contributed by atoms with Crippen molar-refractivity contribution in [3.63, 3.8) is 0 Å². The van der Waals surface area contributed by atoms with E-state index >= 15 is 0 Å². The molecule has 1 aromatic carbocycles. The second kappa shape index (κ2) is 3.59. The van der Waals surface area contributed by atoms with Crippen LogP contribution in [0.2, 0.25) is 0 Å². The highest BCUT2D eigenvalue weighted by atomic mass is 19.1. The van der Waals surface area contributed by atoms with Crippen molar-refractivity contribution >= 4 is 6.08 Å². The van der Waals surface area contributed by atoms with E-state index in [0.29, 0.717) is 5.69 Å².